The van der Waals surface area contributed by atoms with Gasteiger partial charge in [0.25, 0.3) is 0 Å². The van der Waals surface area contributed by atoms with E-state index in [1.807, 2.05) is 0 Å². The van der Waals surface area contributed by atoms with E-state index in [0.29, 0.717) is 0 Å². The first-order chi connectivity index (χ1) is 22.1. The number of hydrogen-bond donors (Lipinski definition) is 0. The van der Waals surface area contributed by atoms with Gasteiger partial charge in [0, 0.05) is 0 Å². The average Bonchev–Trinajstić information content (AvgIpc) is 3.38. The molecule has 0 aromatic heterocycles. The molecule has 4 aromatic rings. The van der Waals surface area contributed by atoms with Crippen molar-refractivity contribution < 1.29 is 44.8 Å². The third-order valence-corrected chi connectivity index (χ3v) is 37.3. The Bertz CT molecular complexity index is 1680. The molecule has 3 aliphatic carbocycles. The van der Waals surface area contributed by atoms with E-state index in [2.05, 4.69) is 125 Å². The maximum atomic E-state index is 2.69. The zero-order valence-corrected chi connectivity index (χ0v) is 33.6. The first-order valence-electron chi connectivity index (χ1n) is 18.0. The molecule has 0 bridgehead atoms. The van der Waals surface area contributed by atoms with Crippen LogP contribution in [0.25, 0.3) is 34.4 Å². The van der Waals surface area contributed by atoms with Crippen LogP contribution in [-0.4, -0.2) is 0 Å². The number of benzene rings is 4. The predicted octanol–water partition coefficient (Wildman–Crippen LogP) is 6.87. The van der Waals surface area contributed by atoms with Crippen LogP contribution in [-0.2, 0) is 32.8 Å². The SMILES string of the molecule is CCC1=Cc2c(-c3ccc(CC)cc3)cccc2[CH]1[Hf+2]1([CH]2C(CC)=Cc3c(-c4ccc(CC)cc4)cccc32)[CH]2CCCC[CH]21.[Cl-].[Cl-]. The fourth-order valence-electron chi connectivity index (χ4n) is 10.3. The average molecular weight is 826 g/mol. The summed E-state index contributed by atoms with van der Waals surface area (Å²) in [7, 11) is 0. The van der Waals surface area contributed by atoms with Gasteiger partial charge in [-0.15, -0.1) is 0 Å². The van der Waals surface area contributed by atoms with Crippen LogP contribution in [0.2, 0.25) is 7.35 Å². The molecule has 1 saturated carbocycles. The minimum absolute atomic E-state index is 0. The molecule has 4 aliphatic rings. The minimum Gasteiger partial charge on any atom is -1.00 e. The van der Waals surface area contributed by atoms with Crippen LogP contribution in [0.5, 0.6) is 0 Å². The van der Waals surface area contributed by atoms with Crippen LogP contribution in [0.4, 0.5) is 0 Å². The van der Waals surface area contributed by atoms with Gasteiger partial charge in [0.1, 0.15) is 0 Å². The van der Waals surface area contributed by atoms with E-state index in [0.717, 1.165) is 27.5 Å². The van der Waals surface area contributed by atoms with Crippen LogP contribution in [0.15, 0.2) is 96.1 Å². The number of rotatable bonds is 8. The first kappa shape index (κ1) is 34.7. The van der Waals surface area contributed by atoms with Crippen molar-refractivity contribution in [1.29, 1.82) is 0 Å². The summed E-state index contributed by atoms with van der Waals surface area (Å²) >= 11 is -3.15. The molecule has 4 unspecified atom stereocenters. The molecule has 2 fully saturated rings. The molecule has 4 aromatic carbocycles. The summed E-state index contributed by atoms with van der Waals surface area (Å²) in [4.78, 5) is 0. The quantitative estimate of drug-likeness (QED) is 0.171. The fourth-order valence-corrected chi connectivity index (χ4v) is 46.2. The van der Waals surface area contributed by atoms with Gasteiger partial charge in [-0.05, 0) is 0 Å². The Morgan fingerprint density at radius 3 is 1.28 bits per heavy atom. The Balaban J connectivity index is 0.00000193. The van der Waals surface area contributed by atoms with Crippen molar-refractivity contribution in [3.8, 4) is 22.3 Å². The van der Waals surface area contributed by atoms with Crippen molar-refractivity contribution in [2.75, 3.05) is 0 Å². The maximum Gasteiger partial charge on any atom is -1.00 e. The van der Waals surface area contributed by atoms with Crippen LogP contribution >= 0.6 is 0 Å². The second kappa shape index (κ2) is 14.0. The molecule has 0 nitrogen and oxygen atoms in total. The van der Waals surface area contributed by atoms with E-state index < -0.39 is 20.0 Å². The van der Waals surface area contributed by atoms with Gasteiger partial charge in [-0.25, -0.2) is 0 Å². The van der Waals surface area contributed by atoms with E-state index in [4.69, 9.17) is 0 Å². The zero-order chi connectivity index (χ0) is 30.7. The van der Waals surface area contributed by atoms with Gasteiger partial charge < -0.3 is 24.8 Å². The fraction of sp³-hybridized carbons (Fsp3) is 0.364. The van der Waals surface area contributed by atoms with Crippen LogP contribution in [0, 0.1) is 0 Å². The number of allylic oxidation sites excluding steroid dienone is 2. The van der Waals surface area contributed by atoms with Gasteiger partial charge in [0.05, 0.1) is 0 Å². The van der Waals surface area contributed by atoms with Gasteiger partial charge in [-0.1, -0.05) is 0 Å². The van der Waals surface area contributed by atoms with E-state index in [9.17, 15) is 0 Å². The predicted molar refractivity (Wildman–Crippen MR) is 190 cm³/mol. The molecule has 0 N–H and O–H groups in total. The number of hydrogen-bond acceptors (Lipinski definition) is 0. The summed E-state index contributed by atoms with van der Waals surface area (Å²) < 4.78 is 3.50. The van der Waals surface area contributed by atoms with Crippen LogP contribution in [0.1, 0.15) is 107 Å². The number of fused-ring (bicyclic) bond motifs is 3. The van der Waals surface area contributed by atoms with Crippen molar-refractivity contribution in [1.82, 2.24) is 0 Å². The van der Waals surface area contributed by atoms with Gasteiger partial charge >= 0.3 is 278 Å². The third-order valence-electron chi connectivity index (χ3n) is 12.4. The first-order valence-corrected chi connectivity index (χ1v) is 26.3. The second-order valence-corrected chi connectivity index (χ2v) is 30.9. The Labute approximate surface area is 300 Å². The van der Waals surface area contributed by atoms with Crippen molar-refractivity contribution >= 4 is 12.2 Å². The third kappa shape index (κ3) is 5.43. The van der Waals surface area contributed by atoms with E-state index in [-0.39, 0.29) is 24.8 Å². The van der Waals surface area contributed by atoms with Gasteiger partial charge in [-0.2, -0.15) is 0 Å². The summed E-state index contributed by atoms with van der Waals surface area (Å²) in [6.45, 7) is 9.41. The molecule has 3 heteroatoms. The standard InChI is InChI=1S/2C19H19.C6H10.2ClH.Hf/c2*1-3-14-8-10-16(11-9-14)18-7-5-6-17-12-15(4-2)13-19(17)18;1-2-4-6-5-3-1;;;/h2*5-13H,3-4H2,1-2H3;1-2H,3-6H2;2*1H;/q;;;;;+2/p-2. The largest absolute Gasteiger partial charge is 1.00 e. The summed E-state index contributed by atoms with van der Waals surface area (Å²) in [6, 6.07) is 33.5. The Kier molecular flexibility index (Phi) is 10.3. The van der Waals surface area contributed by atoms with E-state index >= 15 is 0 Å². The Morgan fingerprint density at radius 1 is 0.511 bits per heavy atom. The van der Waals surface area contributed by atoms with E-state index in [1.54, 1.807) is 33.4 Å². The molecule has 0 amide bonds. The molecule has 0 radical (unpaired) electrons. The Hall–Kier alpha value is -2.19. The zero-order valence-electron chi connectivity index (χ0n) is 28.5. The maximum absolute atomic E-state index is 3.15. The smallest absolute Gasteiger partial charge is 1.00 e. The summed E-state index contributed by atoms with van der Waals surface area (Å²) in [5.41, 5.74) is 18.6. The minimum atomic E-state index is -3.15. The molecule has 1 saturated heterocycles. The molecule has 1 aliphatic heterocycles. The Morgan fingerprint density at radius 2 is 0.915 bits per heavy atom. The van der Waals surface area contributed by atoms with Crippen molar-refractivity contribution in [2.24, 2.45) is 0 Å². The van der Waals surface area contributed by atoms with Crippen molar-refractivity contribution in [2.45, 2.75) is 93.8 Å². The molecule has 0 spiro atoms. The van der Waals surface area contributed by atoms with Gasteiger partial charge in [0.2, 0.25) is 0 Å². The number of aryl methyl sites for hydroxylation is 2. The number of halogens is 2. The summed E-state index contributed by atoms with van der Waals surface area (Å²) in [5.74, 6) is 0. The molecule has 8 rings (SSSR count). The molecular formula is C44H48Cl2Hf. The van der Waals surface area contributed by atoms with Crippen LogP contribution in [0.3, 0.4) is 0 Å². The van der Waals surface area contributed by atoms with Gasteiger partial charge in [0.15, 0.2) is 0 Å². The molecule has 47 heavy (non-hydrogen) atoms. The van der Waals surface area contributed by atoms with E-state index in [1.165, 1.54) is 71.9 Å². The summed E-state index contributed by atoms with van der Waals surface area (Å²) in [6.07, 6.45) is 15.8. The molecular weight excluding hydrogens is 778 g/mol. The van der Waals surface area contributed by atoms with Crippen LogP contribution < -0.4 is 24.8 Å². The molecule has 1 heterocycles. The summed E-state index contributed by atoms with van der Waals surface area (Å²) in [5, 5.41) is 0. The van der Waals surface area contributed by atoms with Crippen molar-refractivity contribution in [3.63, 3.8) is 0 Å². The molecule has 4 atom stereocenters. The second-order valence-electron chi connectivity index (χ2n) is 14.2. The van der Waals surface area contributed by atoms with Crippen molar-refractivity contribution in [3.05, 3.63) is 129 Å². The van der Waals surface area contributed by atoms with Gasteiger partial charge in [-0.3, -0.25) is 0 Å². The topological polar surface area (TPSA) is 0 Å². The monoisotopic (exact) mass is 826 g/mol. The normalized spacial score (nSPS) is 23.7. The molecule has 242 valence electrons.